The second kappa shape index (κ2) is 10.3. The van der Waals surface area contributed by atoms with E-state index in [9.17, 15) is 14.4 Å². The van der Waals surface area contributed by atoms with Crippen LogP contribution in [0.4, 0.5) is 0 Å². The Morgan fingerprint density at radius 3 is 2.14 bits per heavy atom. The zero-order chi connectivity index (χ0) is 21.4. The number of carbonyl (C=O) groups is 3. The van der Waals surface area contributed by atoms with Gasteiger partial charge >= 0.3 is 17.9 Å². The first-order valence-electron chi connectivity index (χ1n) is 8.80. The molecule has 2 rings (SSSR count). The first kappa shape index (κ1) is 22.0. The van der Waals surface area contributed by atoms with Gasteiger partial charge in [-0.3, -0.25) is 14.4 Å². The van der Waals surface area contributed by atoms with E-state index in [0.29, 0.717) is 5.69 Å². The SMILES string of the molecule is COC[C@@H](OC(C)=O)[C@H](OC(C)=O)[C@H](OC(C)=O)c1cnn(-c2ccccc2)n1. The summed E-state index contributed by atoms with van der Waals surface area (Å²) in [5.74, 6) is -1.91. The fraction of sp³-hybridized carbons (Fsp3) is 0.421. The van der Waals surface area contributed by atoms with Gasteiger partial charge in [0.15, 0.2) is 18.3 Å². The van der Waals surface area contributed by atoms with Crippen LogP contribution in [0.1, 0.15) is 32.6 Å². The number of hydrogen-bond acceptors (Lipinski definition) is 9. The van der Waals surface area contributed by atoms with E-state index in [2.05, 4.69) is 10.2 Å². The van der Waals surface area contributed by atoms with E-state index in [1.165, 1.54) is 38.9 Å². The first-order chi connectivity index (χ1) is 13.8. The summed E-state index contributed by atoms with van der Waals surface area (Å²) in [7, 11) is 1.40. The fourth-order valence-electron chi connectivity index (χ4n) is 2.66. The second-order valence-electron chi connectivity index (χ2n) is 6.10. The van der Waals surface area contributed by atoms with Gasteiger partial charge in [-0.15, -0.1) is 5.10 Å². The molecule has 0 N–H and O–H groups in total. The van der Waals surface area contributed by atoms with E-state index in [4.69, 9.17) is 18.9 Å². The molecule has 156 valence electrons. The molecule has 0 bridgehead atoms. The number of methoxy groups -OCH3 is 1. The number of para-hydroxylation sites is 1. The number of nitrogens with zero attached hydrogens (tertiary/aromatic N) is 3. The maximum absolute atomic E-state index is 11.7. The van der Waals surface area contributed by atoms with Gasteiger partial charge in [-0.2, -0.15) is 9.90 Å². The molecule has 0 saturated carbocycles. The van der Waals surface area contributed by atoms with Crippen LogP contribution in [-0.4, -0.2) is 58.8 Å². The molecule has 1 aromatic heterocycles. The normalized spacial score (nSPS) is 13.8. The van der Waals surface area contributed by atoms with Gasteiger partial charge in [-0.25, -0.2) is 0 Å². The molecular formula is C19H23N3O7. The molecule has 3 atom stereocenters. The van der Waals surface area contributed by atoms with Crippen LogP contribution in [0.3, 0.4) is 0 Å². The van der Waals surface area contributed by atoms with E-state index < -0.39 is 36.2 Å². The van der Waals surface area contributed by atoms with Crippen molar-refractivity contribution in [1.82, 2.24) is 15.0 Å². The molecular weight excluding hydrogens is 382 g/mol. The third-order valence-electron chi connectivity index (χ3n) is 3.70. The zero-order valence-electron chi connectivity index (χ0n) is 16.6. The van der Waals surface area contributed by atoms with Crippen molar-refractivity contribution in [2.45, 2.75) is 39.1 Å². The smallest absolute Gasteiger partial charge is 0.303 e. The van der Waals surface area contributed by atoms with Crippen molar-refractivity contribution in [2.24, 2.45) is 0 Å². The Kier molecular flexibility index (Phi) is 7.84. The second-order valence-corrected chi connectivity index (χ2v) is 6.10. The lowest BCUT2D eigenvalue weighted by Crippen LogP contribution is -2.43. The minimum atomic E-state index is -1.19. The molecule has 1 aromatic carbocycles. The van der Waals surface area contributed by atoms with Crippen molar-refractivity contribution in [2.75, 3.05) is 13.7 Å². The summed E-state index contributed by atoms with van der Waals surface area (Å²) in [4.78, 5) is 36.3. The van der Waals surface area contributed by atoms with Crippen LogP contribution in [0, 0.1) is 0 Å². The molecule has 0 saturated heterocycles. The van der Waals surface area contributed by atoms with Gasteiger partial charge in [0.1, 0.15) is 5.69 Å². The first-order valence-corrected chi connectivity index (χ1v) is 8.80. The van der Waals surface area contributed by atoms with Gasteiger partial charge < -0.3 is 18.9 Å². The Labute approximate surface area is 167 Å². The predicted octanol–water partition coefficient (Wildman–Crippen LogP) is 1.38. The highest BCUT2D eigenvalue weighted by Gasteiger charge is 2.39. The lowest BCUT2D eigenvalue weighted by molar-refractivity contribution is -0.188. The third kappa shape index (κ3) is 6.39. The maximum Gasteiger partial charge on any atom is 0.303 e. The Morgan fingerprint density at radius 2 is 1.59 bits per heavy atom. The fourth-order valence-corrected chi connectivity index (χ4v) is 2.66. The van der Waals surface area contributed by atoms with E-state index in [0.717, 1.165) is 0 Å². The van der Waals surface area contributed by atoms with Gasteiger partial charge in [0.2, 0.25) is 0 Å². The quantitative estimate of drug-likeness (QED) is 0.450. The molecule has 0 amide bonds. The Balaban J connectivity index is 2.44. The van der Waals surface area contributed by atoms with Crippen LogP contribution in [-0.2, 0) is 33.3 Å². The van der Waals surface area contributed by atoms with Crippen LogP contribution in [0.25, 0.3) is 5.69 Å². The number of esters is 3. The molecule has 0 unspecified atom stereocenters. The number of ether oxygens (including phenoxy) is 4. The Hall–Kier alpha value is -3.27. The predicted molar refractivity (Wildman–Crippen MR) is 98.9 cm³/mol. The minimum absolute atomic E-state index is 0.0951. The number of carbonyl (C=O) groups excluding carboxylic acids is 3. The third-order valence-corrected chi connectivity index (χ3v) is 3.70. The summed E-state index contributed by atoms with van der Waals surface area (Å²) in [5, 5.41) is 8.52. The summed E-state index contributed by atoms with van der Waals surface area (Å²) in [6, 6.07) is 9.07. The lowest BCUT2D eigenvalue weighted by atomic mass is 10.1. The number of rotatable bonds is 9. The van der Waals surface area contributed by atoms with Crippen molar-refractivity contribution < 1.29 is 33.3 Å². The van der Waals surface area contributed by atoms with Crippen LogP contribution >= 0.6 is 0 Å². The van der Waals surface area contributed by atoms with Crippen molar-refractivity contribution in [3.05, 3.63) is 42.2 Å². The van der Waals surface area contributed by atoms with E-state index in [1.807, 2.05) is 18.2 Å². The van der Waals surface area contributed by atoms with E-state index in [1.54, 1.807) is 12.1 Å². The van der Waals surface area contributed by atoms with Gasteiger partial charge in [0, 0.05) is 27.9 Å². The van der Waals surface area contributed by atoms with Crippen LogP contribution in [0.15, 0.2) is 36.5 Å². The molecule has 0 aliphatic carbocycles. The number of aromatic nitrogens is 3. The van der Waals surface area contributed by atoms with Gasteiger partial charge in [0.25, 0.3) is 0 Å². The largest absolute Gasteiger partial charge is 0.456 e. The summed E-state index contributed by atoms with van der Waals surface area (Å²) in [5.41, 5.74) is 0.890. The van der Waals surface area contributed by atoms with Gasteiger partial charge in [-0.05, 0) is 12.1 Å². The highest BCUT2D eigenvalue weighted by molar-refractivity contribution is 5.68. The highest BCUT2D eigenvalue weighted by Crippen LogP contribution is 2.27. The molecule has 29 heavy (non-hydrogen) atoms. The van der Waals surface area contributed by atoms with Gasteiger partial charge in [0.05, 0.1) is 18.5 Å². The molecule has 0 fully saturated rings. The van der Waals surface area contributed by atoms with Crippen LogP contribution < -0.4 is 0 Å². The Bertz CT molecular complexity index is 837. The monoisotopic (exact) mass is 405 g/mol. The molecule has 10 nitrogen and oxygen atoms in total. The molecule has 2 aromatic rings. The summed E-state index contributed by atoms with van der Waals surface area (Å²) in [6.07, 6.45) is -2.02. The average molecular weight is 405 g/mol. The van der Waals surface area contributed by atoms with Crippen LogP contribution in [0.2, 0.25) is 0 Å². The van der Waals surface area contributed by atoms with Gasteiger partial charge in [-0.1, -0.05) is 18.2 Å². The van der Waals surface area contributed by atoms with Crippen molar-refractivity contribution in [1.29, 1.82) is 0 Å². The van der Waals surface area contributed by atoms with Crippen LogP contribution in [0.5, 0.6) is 0 Å². The summed E-state index contributed by atoms with van der Waals surface area (Å²) in [6.45, 7) is 3.51. The standard InChI is InChI=1S/C19H23N3O7/c1-12(23)27-17(11-26-4)19(29-14(3)25)18(28-13(2)24)16-10-20-22(21-16)15-8-6-5-7-9-15/h5-10,17-19H,11H2,1-4H3/t17-,18-,19+/m1/s1. The summed E-state index contributed by atoms with van der Waals surface area (Å²) >= 11 is 0. The highest BCUT2D eigenvalue weighted by atomic mass is 16.6. The van der Waals surface area contributed by atoms with Crippen molar-refractivity contribution >= 4 is 17.9 Å². The molecule has 0 radical (unpaired) electrons. The van der Waals surface area contributed by atoms with Crippen molar-refractivity contribution in [3.8, 4) is 5.69 Å². The average Bonchev–Trinajstić information content (AvgIpc) is 3.14. The summed E-state index contributed by atoms with van der Waals surface area (Å²) < 4.78 is 21.1. The zero-order valence-corrected chi connectivity index (χ0v) is 16.6. The molecule has 0 aliphatic rings. The lowest BCUT2D eigenvalue weighted by Gasteiger charge is -2.30. The van der Waals surface area contributed by atoms with E-state index >= 15 is 0 Å². The van der Waals surface area contributed by atoms with E-state index in [-0.39, 0.29) is 12.3 Å². The van der Waals surface area contributed by atoms with Crippen molar-refractivity contribution in [3.63, 3.8) is 0 Å². The molecule has 0 spiro atoms. The Morgan fingerprint density at radius 1 is 0.966 bits per heavy atom. The number of hydrogen-bond donors (Lipinski definition) is 0. The molecule has 1 heterocycles. The molecule has 10 heteroatoms. The maximum atomic E-state index is 11.7. The minimum Gasteiger partial charge on any atom is -0.456 e. The number of benzene rings is 1. The topological polar surface area (TPSA) is 119 Å². The molecule has 0 aliphatic heterocycles.